The predicted molar refractivity (Wildman–Crippen MR) is 93.2 cm³/mol. The zero-order chi connectivity index (χ0) is 15.8. The van der Waals surface area contributed by atoms with Crippen molar-refractivity contribution in [1.29, 1.82) is 0 Å². The van der Waals surface area contributed by atoms with E-state index in [0.29, 0.717) is 10.6 Å². The van der Waals surface area contributed by atoms with Gasteiger partial charge in [-0.25, -0.2) is 0 Å². The van der Waals surface area contributed by atoms with Gasteiger partial charge in [-0.2, -0.15) is 0 Å². The van der Waals surface area contributed by atoms with Crippen LogP contribution in [-0.4, -0.2) is 10.9 Å². The Morgan fingerprint density at radius 2 is 1.70 bits per heavy atom. The molecule has 2 heterocycles. The molecule has 1 aliphatic rings. The summed E-state index contributed by atoms with van der Waals surface area (Å²) in [5.74, 6) is -0.0919. The normalized spacial score (nSPS) is 15.3. The predicted octanol–water partition coefficient (Wildman–Crippen LogP) is 4.58. The maximum atomic E-state index is 12.6. The molecule has 0 atom stereocenters. The number of benzene rings is 2. The highest BCUT2D eigenvalue weighted by molar-refractivity contribution is 6.38. The molecule has 2 aromatic carbocycles. The Hall–Kier alpha value is -2.78. The third-order valence-electron chi connectivity index (χ3n) is 3.92. The summed E-state index contributed by atoms with van der Waals surface area (Å²) in [6, 6.07) is 19.1. The van der Waals surface area contributed by atoms with Gasteiger partial charge in [0.15, 0.2) is 0 Å². The molecule has 1 amide bonds. The first-order valence-corrected chi connectivity index (χ1v) is 7.66. The number of aromatic nitrogens is 1. The Morgan fingerprint density at radius 3 is 2.43 bits per heavy atom. The van der Waals surface area contributed by atoms with Crippen LogP contribution >= 0.6 is 11.6 Å². The topological polar surface area (TPSA) is 44.9 Å². The van der Waals surface area contributed by atoms with E-state index in [4.69, 9.17) is 11.6 Å². The van der Waals surface area contributed by atoms with Gasteiger partial charge in [-0.05, 0) is 35.9 Å². The molecule has 23 heavy (non-hydrogen) atoms. The van der Waals surface area contributed by atoms with Crippen molar-refractivity contribution < 1.29 is 4.79 Å². The molecular formula is C19H13ClN2O. The number of fused-ring (bicyclic) bond motifs is 1. The summed E-state index contributed by atoms with van der Waals surface area (Å²) < 4.78 is 0. The minimum absolute atomic E-state index is 0.0919. The van der Waals surface area contributed by atoms with Crippen LogP contribution < -0.4 is 5.32 Å². The fraction of sp³-hybridized carbons (Fsp3) is 0. The van der Waals surface area contributed by atoms with Gasteiger partial charge in [-0.1, -0.05) is 41.9 Å². The van der Waals surface area contributed by atoms with Crippen LogP contribution in [0.15, 0.2) is 66.9 Å². The number of nitrogens with one attached hydrogen (secondary N) is 2. The lowest BCUT2D eigenvalue weighted by atomic mass is 9.93. The molecule has 1 aliphatic heterocycles. The summed E-state index contributed by atoms with van der Waals surface area (Å²) >= 11 is 6.01. The summed E-state index contributed by atoms with van der Waals surface area (Å²) in [6.07, 6.45) is 1.85. The first-order chi connectivity index (χ1) is 11.2. The first-order valence-electron chi connectivity index (χ1n) is 7.29. The van der Waals surface area contributed by atoms with E-state index in [1.54, 1.807) is 0 Å². The highest BCUT2D eigenvalue weighted by atomic mass is 35.5. The first kappa shape index (κ1) is 13.9. The highest BCUT2D eigenvalue weighted by Gasteiger charge is 2.28. The largest absolute Gasteiger partial charge is 0.361 e. The number of rotatable bonds is 2. The van der Waals surface area contributed by atoms with Gasteiger partial charge in [-0.15, -0.1) is 0 Å². The molecule has 0 fully saturated rings. The monoisotopic (exact) mass is 320 g/mol. The fourth-order valence-corrected chi connectivity index (χ4v) is 3.03. The zero-order valence-corrected chi connectivity index (χ0v) is 12.9. The van der Waals surface area contributed by atoms with Crippen LogP contribution in [0.1, 0.15) is 16.8 Å². The fourth-order valence-electron chi connectivity index (χ4n) is 2.90. The molecule has 3 nitrogen and oxygen atoms in total. The van der Waals surface area contributed by atoms with E-state index in [-0.39, 0.29) is 5.91 Å². The maximum absolute atomic E-state index is 12.6. The van der Waals surface area contributed by atoms with Crippen molar-refractivity contribution in [2.45, 2.75) is 0 Å². The Labute approximate surface area is 138 Å². The number of halogens is 1. The smallest absolute Gasteiger partial charge is 0.257 e. The van der Waals surface area contributed by atoms with E-state index in [0.717, 1.165) is 28.1 Å². The second-order valence-corrected chi connectivity index (χ2v) is 5.78. The Bertz CT molecular complexity index is 909. The van der Waals surface area contributed by atoms with Gasteiger partial charge in [0.1, 0.15) is 0 Å². The quantitative estimate of drug-likeness (QED) is 0.667. The second-order valence-electron chi connectivity index (χ2n) is 5.34. The SMILES string of the molecule is O=C1Nc2ccccc2/C1=C(\c1ccc(Cl)cc1)c1ccc[nH]1. The van der Waals surface area contributed by atoms with Crippen LogP contribution in [0.25, 0.3) is 11.1 Å². The van der Waals surface area contributed by atoms with Crippen molar-refractivity contribution in [2.24, 2.45) is 0 Å². The van der Waals surface area contributed by atoms with Crippen LogP contribution in [-0.2, 0) is 4.79 Å². The van der Waals surface area contributed by atoms with E-state index in [1.807, 2.05) is 66.9 Å². The van der Waals surface area contributed by atoms with E-state index in [1.165, 1.54) is 0 Å². The molecule has 0 unspecified atom stereocenters. The van der Waals surface area contributed by atoms with E-state index >= 15 is 0 Å². The lowest BCUT2D eigenvalue weighted by molar-refractivity contribution is -0.110. The van der Waals surface area contributed by atoms with Crippen molar-refractivity contribution in [3.05, 3.63) is 88.7 Å². The minimum Gasteiger partial charge on any atom is -0.361 e. The lowest BCUT2D eigenvalue weighted by Gasteiger charge is -2.10. The second kappa shape index (κ2) is 5.45. The van der Waals surface area contributed by atoms with Crippen molar-refractivity contribution in [1.82, 2.24) is 4.98 Å². The maximum Gasteiger partial charge on any atom is 0.257 e. The molecule has 0 aliphatic carbocycles. The molecular weight excluding hydrogens is 308 g/mol. The number of anilines is 1. The molecule has 0 bridgehead atoms. The molecule has 0 radical (unpaired) electrons. The van der Waals surface area contributed by atoms with Crippen molar-refractivity contribution in [3.8, 4) is 0 Å². The van der Waals surface area contributed by atoms with Crippen molar-refractivity contribution in [3.63, 3.8) is 0 Å². The molecule has 0 saturated carbocycles. The van der Waals surface area contributed by atoms with Crippen LogP contribution in [0.2, 0.25) is 5.02 Å². The third kappa shape index (κ3) is 2.35. The summed E-state index contributed by atoms with van der Waals surface area (Å²) in [7, 11) is 0. The summed E-state index contributed by atoms with van der Waals surface area (Å²) in [5, 5.41) is 3.60. The number of amides is 1. The number of hydrogen-bond donors (Lipinski definition) is 2. The Morgan fingerprint density at radius 1 is 0.913 bits per heavy atom. The van der Waals surface area contributed by atoms with E-state index in [2.05, 4.69) is 10.3 Å². The molecule has 4 heteroatoms. The number of hydrogen-bond acceptors (Lipinski definition) is 1. The van der Waals surface area contributed by atoms with Gasteiger partial charge in [0, 0.05) is 33.7 Å². The van der Waals surface area contributed by atoms with Gasteiger partial charge in [0.2, 0.25) is 0 Å². The van der Waals surface area contributed by atoms with E-state index in [9.17, 15) is 4.79 Å². The Kier molecular flexibility index (Phi) is 3.28. The van der Waals surface area contributed by atoms with Crippen molar-refractivity contribution >= 4 is 34.3 Å². The van der Waals surface area contributed by atoms with Crippen molar-refractivity contribution in [2.75, 3.05) is 5.32 Å². The lowest BCUT2D eigenvalue weighted by Crippen LogP contribution is -2.06. The standard InChI is InChI=1S/C19H13ClN2O/c20-13-9-7-12(8-10-13)17(16-6-3-11-21-16)18-14-4-1-2-5-15(14)22-19(18)23/h1-11,21H,(H,22,23)/b18-17-. The molecule has 0 saturated heterocycles. The summed E-state index contributed by atoms with van der Waals surface area (Å²) in [6.45, 7) is 0. The minimum atomic E-state index is -0.0919. The van der Waals surface area contributed by atoms with Gasteiger partial charge in [0.25, 0.3) is 5.91 Å². The number of para-hydroxylation sites is 1. The van der Waals surface area contributed by atoms with Gasteiger partial charge < -0.3 is 10.3 Å². The number of H-pyrrole nitrogens is 1. The van der Waals surface area contributed by atoms with Gasteiger partial charge in [-0.3, -0.25) is 4.79 Å². The molecule has 2 N–H and O–H groups in total. The molecule has 3 aromatic rings. The molecule has 4 rings (SSSR count). The van der Waals surface area contributed by atoms with Crippen LogP contribution in [0.3, 0.4) is 0 Å². The van der Waals surface area contributed by atoms with Crippen LogP contribution in [0.4, 0.5) is 5.69 Å². The number of carbonyl (C=O) groups excluding carboxylic acids is 1. The average Bonchev–Trinajstić information content (AvgIpc) is 3.18. The molecule has 112 valence electrons. The average molecular weight is 321 g/mol. The van der Waals surface area contributed by atoms with Gasteiger partial charge in [0.05, 0.1) is 5.57 Å². The number of carbonyl (C=O) groups is 1. The Balaban J connectivity index is 2.02. The highest BCUT2D eigenvalue weighted by Crippen LogP contribution is 2.39. The van der Waals surface area contributed by atoms with E-state index < -0.39 is 0 Å². The molecule has 1 aromatic heterocycles. The summed E-state index contributed by atoms with van der Waals surface area (Å²) in [4.78, 5) is 15.8. The third-order valence-corrected chi connectivity index (χ3v) is 4.17. The van der Waals surface area contributed by atoms with Crippen LogP contribution in [0, 0.1) is 0 Å². The zero-order valence-electron chi connectivity index (χ0n) is 12.1. The summed E-state index contributed by atoms with van der Waals surface area (Å²) in [5.41, 5.74) is 5.13. The van der Waals surface area contributed by atoms with Gasteiger partial charge >= 0.3 is 0 Å². The molecule has 0 spiro atoms. The number of aromatic amines is 1. The van der Waals surface area contributed by atoms with Crippen LogP contribution in [0.5, 0.6) is 0 Å².